The van der Waals surface area contributed by atoms with E-state index in [2.05, 4.69) is 10.6 Å². The van der Waals surface area contributed by atoms with Crippen LogP contribution in [0.5, 0.6) is 17.2 Å². The highest BCUT2D eigenvalue weighted by Gasteiger charge is 2.23. The second kappa shape index (κ2) is 9.29. The van der Waals surface area contributed by atoms with Gasteiger partial charge in [0.1, 0.15) is 6.10 Å². The Balaban J connectivity index is 1.68. The van der Waals surface area contributed by atoms with Crippen molar-refractivity contribution < 1.29 is 28.5 Å². The summed E-state index contributed by atoms with van der Waals surface area (Å²) in [4.78, 5) is 24.7. The Hall–Kier alpha value is -3.26. The standard InChI is InChI=1S/C21H24N2O6/c1-26-17-11-13(12-18(27-2)19(17)28-3)20(24)22-14-6-8-15(9-7-14)23-21(25)16-5-4-10-29-16/h6-9,11-12,16H,4-5,10H2,1-3H3,(H,22,24)(H,23,25)/t16-/m1/s1. The summed E-state index contributed by atoms with van der Waals surface area (Å²) in [5.41, 5.74) is 1.57. The zero-order valence-electron chi connectivity index (χ0n) is 16.6. The summed E-state index contributed by atoms with van der Waals surface area (Å²) in [6, 6.07) is 10.0. The van der Waals surface area contributed by atoms with Gasteiger partial charge in [0.05, 0.1) is 21.3 Å². The van der Waals surface area contributed by atoms with Crippen LogP contribution in [0.2, 0.25) is 0 Å². The van der Waals surface area contributed by atoms with Gasteiger partial charge in [0, 0.05) is 23.5 Å². The Bertz CT molecular complexity index is 850. The molecular weight excluding hydrogens is 376 g/mol. The van der Waals surface area contributed by atoms with Crippen LogP contribution in [-0.4, -0.2) is 45.9 Å². The molecule has 0 bridgehead atoms. The lowest BCUT2D eigenvalue weighted by Crippen LogP contribution is -2.26. The molecule has 2 aromatic rings. The van der Waals surface area contributed by atoms with Crippen LogP contribution < -0.4 is 24.8 Å². The summed E-state index contributed by atoms with van der Waals surface area (Å²) in [5.74, 6) is 0.711. The maximum atomic E-state index is 12.6. The quantitative estimate of drug-likeness (QED) is 0.742. The molecule has 0 aliphatic carbocycles. The molecule has 0 spiro atoms. The van der Waals surface area contributed by atoms with Crippen molar-refractivity contribution in [3.05, 3.63) is 42.0 Å². The number of benzene rings is 2. The molecule has 2 amide bonds. The van der Waals surface area contributed by atoms with E-state index in [1.807, 2.05) is 0 Å². The van der Waals surface area contributed by atoms with E-state index in [-0.39, 0.29) is 11.8 Å². The largest absolute Gasteiger partial charge is 0.493 e. The monoisotopic (exact) mass is 400 g/mol. The summed E-state index contributed by atoms with van der Waals surface area (Å²) < 4.78 is 21.2. The number of hydrogen-bond acceptors (Lipinski definition) is 6. The third-order valence-electron chi connectivity index (χ3n) is 4.56. The van der Waals surface area contributed by atoms with Crippen LogP contribution >= 0.6 is 0 Å². The molecule has 154 valence electrons. The van der Waals surface area contributed by atoms with Gasteiger partial charge in [-0.25, -0.2) is 0 Å². The normalized spacial score (nSPS) is 15.5. The van der Waals surface area contributed by atoms with Crippen LogP contribution in [0.3, 0.4) is 0 Å². The molecule has 1 saturated heterocycles. The van der Waals surface area contributed by atoms with Crippen molar-refractivity contribution in [1.82, 2.24) is 0 Å². The minimum Gasteiger partial charge on any atom is -0.493 e. The second-order valence-corrected chi connectivity index (χ2v) is 6.44. The molecule has 8 nitrogen and oxygen atoms in total. The SMILES string of the molecule is COc1cc(C(=O)Nc2ccc(NC(=O)[C@H]3CCCO3)cc2)cc(OC)c1OC. The Morgan fingerprint density at radius 2 is 1.52 bits per heavy atom. The summed E-state index contributed by atoms with van der Waals surface area (Å²) in [6.07, 6.45) is 1.23. The molecule has 1 aliphatic rings. The summed E-state index contributed by atoms with van der Waals surface area (Å²) in [6.45, 7) is 0.615. The molecule has 1 heterocycles. The fourth-order valence-corrected chi connectivity index (χ4v) is 3.06. The van der Waals surface area contributed by atoms with E-state index in [1.54, 1.807) is 36.4 Å². The highest BCUT2D eigenvalue weighted by Crippen LogP contribution is 2.38. The van der Waals surface area contributed by atoms with E-state index in [0.717, 1.165) is 12.8 Å². The summed E-state index contributed by atoms with van der Waals surface area (Å²) >= 11 is 0. The predicted molar refractivity (Wildman–Crippen MR) is 108 cm³/mol. The van der Waals surface area contributed by atoms with Gasteiger partial charge in [0.2, 0.25) is 5.75 Å². The Morgan fingerprint density at radius 3 is 2.00 bits per heavy atom. The van der Waals surface area contributed by atoms with Crippen molar-refractivity contribution in [2.24, 2.45) is 0 Å². The van der Waals surface area contributed by atoms with Gasteiger partial charge in [-0.2, -0.15) is 0 Å². The number of rotatable bonds is 7. The fourth-order valence-electron chi connectivity index (χ4n) is 3.06. The van der Waals surface area contributed by atoms with Crippen LogP contribution in [0.25, 0.3) is 0 Å². The van der Waals surface area contributed by atoms with Crippen molar-refractivity contribution >= 4 is 23.2 Å². The van der Waals surface area contributed by atoms with Crippen molar-refractivity contribution in [3.63, 3.8) is 0 Å². The molecule has 0 saturated carbocycles. The maximum Gasteiger partial charge on any atom is 0.255 e. The van der Waals surface area contributed by atoms with E-state index >= 15 is 0 Å². The van der Waals surface area contributed by atoms with Crippen LogP contribution in [0.1, 0.15) is 23.2 Å². The molecule has 8 heteroatoms. The summed E-state index contributed by atoms with van der Waals surface area (Å²) in [7, 11) is 4.48. The number of carbonyl (C=O) groups is 2. The average Bonchev–Trinajstić information content (AvgIpc) is 3.29. The number of ether oxygens (including phenoxy) is 4. The zero-order chi connectivity index (χ0) is 20.8. The lowest BCUT2D eigenvalue weighted by Gasteiger charge is -2.14. The third kappa shape index (κ3) is 4.78. The molecular formula is C21H24N2O6. The van der Waals surface area contributed by atoms with Gasteiger partial charge in [-0.1, -0.05) is 0 Å². The predicted octanol–water partition coefficient (Wildman–Crippen LogP) is 3.08. The number of carbonyl (C=O) groups excluding carboxylic acids is 2. The van der Waals surface area contributed by atoms with Crippen molar-refractivity contribution in [2.75, 3.05) is 38.6 Å². The van der Waals surface area contributed by atoms with Crippen molar-refractivity contribution in [2.45, 2.75) is 18.9 Å². The number of nitrogens with one attached hydrogen (secondary N) is 2. The number of anilines is 2. The van der Waals surface area contributed by atoms with Crippen molar-refractivity contribution in [1.29, 1.82) is 0 Å². The number of amides is 2. The molecule has 2 N–H and O–H groups in total. The van der Waals surface area contributed by atoms with Gasteiger partial charge in [-0.15, -0.1) is 0 Å². The Morgan fingerprint density at radius 1 is 0.931 bits per heavy atom. The topological polar surface area (TPSA) is 95.1 Å². The Labute approximate surface area is 169 Å². The zero-order valence-corrected chi connectivity index (χ0v) is 16.6. The smallest absolute Gasteiger partial charge is 0.255 e. The van der Waals surface area contributed by atoms with Gasteiger partial charge in [-0.3, -0.25) is 9.59 Å². The minimum absolute atomic E-state index is 0.156. The lowest BCUT2D eigenvalue weighted by molar-refractivity contribution is -0.124. The first-order valence-electron chi connectivity index (χ1n) is 9.19. The molecule has 1 aliphatic heterocycles. The highest BCUT2D eigenvalue weighted by molar-refractivity contribution is 6.05. The van der Waals surface area contributed by atoms with Gasteiger partial charge in [0.15, 0.2) is 11.5 Å². The van der Waals surface area contributed by atoms with Gasteiger partial charge in [-0.05, 0) is 49.2 Å². The van der Waals surface area contributed by atoms with E-state index < -0.39 is 6.10 Å². The first-order chi connectivity index (χ1) is 14.0. The first kappa shape index (κ1) is 20.5. The molecule has 0 unspecified atom stereocenters. The maximum absolute atomic E-state index is 12.6. The molecule has 0 radical (unpaired) electrons. The van der Waals surface area contributed by atoms with Gasteiger partial charge >= 0.3 is 0 Å². The van der Waals surface area contributed by atoms with Crippen LogP contribution in [-0.2, 0) is 9.53 Å². The average molecular weight is 400 g/mol. The fraction of sp³-hybridized carbons (Fsp3) is 0.333. The molecule has 0 aromatic heterocycles. The molecule has 2 aromatic carbocycles. The number of hydrogen-bond donors (Lipinski definition) is 2. The molecule has 1 fully saturated rings. The molecule has 29 heavy (non-hydrogen) atoms. The number of methoxy groups -OCH3 is 3. The van der Waals surface area contributed by atoms with Crippen LogP contribution in [0.4, 0.5) is 11.4 Å². The van der Waals surface area contributed by atoms with Crippen molar-refractivity contribution in [3.8, 4) is 17.2 Å². The van der Waals surface area contributed by atoms with E-state index in [1.165, 1.54) is 21.3 Å². The molecule has 1 atom stereocenters. The van der Waals surface area contributed by atoms with Crippen LogP contribution in [0, 0.1) is 0 Å². The minimum atomic E-state index is -0.394. The second-order valence-electron chi connectivity index (χ2n) is 6.44. The highest BCUT2D eigenvalue weighted by atomic mass is 16.5. The Kier molecular flexibility index (Phi) is 6.56. The van der Waals surface area contributed by atoms with Crippen LogP contribution in [0.15, 0.2) is 36.4 Å². The lowest BCUT2D eigenvalue weighted by atomic mass is 10.1. The van der Waals surface area contributed by atoms with E-state index in [0.29, 0.717) is 40.8 Å². The van der Waals surface area contributed by atoms with Gasteiger partial charge < -0.3 is 29.6 Å². The van der Waals surface area contributed by atoms with E-state index in [9.17, 15) is 9.59 Å². The summed E-state index contributed by atoms with van der Waals surface area (Å²) in [5, 5.41) is 5.62. The van der Waals surface area contributed by atoms with E-state index in [4.69, 9.17) is 18.9 Å². The van der Waals surface area contributed by atoms with Gasteiger partial charge in [0.25, 0.3) is 11.8 Å². The molecule has 3 rings (SSSR count). The first-order valence-corrected chi connectivity index (χ1v) is 9.19. The third-order valence-corrected chi connectivity index (χ3v) is 4.56.